The van der Waals surface area contributed by atoms with E-state index in [9.17, 15) is 0 Å². The molecule has 0 saturated heterocycles. The Kier molecular flexibility index (Phi) is 6.38. The van der Waals surface area contributed by atoms with Crippen LogP contribution < -0.4 is 9.83 Å². The first-order valence-electron chi connectivity index (χ1n) is 12.0. The number of aryl methyl sites for hydroxylation is 1. The van der Waals surface area contributed by atoms with Crippen LogP contribution in [0.1, 0.15) is 27.7 Å². The normalized spacial score (nSPS) is 13.6. The maximum Gasteiger partial charge on any atom is 0.173 e. The second-order valence-corrected chi connectivity index (χ2v) is 14.0. The van der Waals surface area contributed by atoms with Crippen LogP contribution in [0.3, 0.4) is 0 Å². The Hall–Kier alpha value is -2.81. The van der Waals surface area contributed by atoms with Crippen molar-refractivity contribution in [2.75, 3.05) is 0 Å². The van der Waals surface area contributed by atoms with Gasteiger partial charge in [-0.25, -0.2) is 4.74 Å². The van der Waals surface area contributed by atoms with Crippen LogP contribution in [0, 0.1) is 0 Å². The highest BCUT2D eigenvalue weighted by Crippen LogP contribution is 2.62. The summed E-state index contributed by atoms with van der Waals surface area (Å²) in [6.45, 7) is 9.85. The molecule has 5 aromatic rings. The third-order valence-corrected chi connectivity index (χ3v) is 10.7. The van der Waals surface area contributed by atoms with E-state index in [1.165, 1.54) is 21.8 Å². The first-order chi connectivity index (χ1) is 16.8. The highest BCUT2D eigenvalue weighted by Gasteiger charge is 2.39. The minimum atomic E-state index is -2.57. The molecule has 0 saturated carbocycles. The smallest absolute Gasteiger partial charge is 0.173 e. The number of aromatic nitrogens is 1. The lowest BCUT2D eigenvalue weighted by Crippen LogP contribution is -2.27. The van der Waals surface area contributed by atoms with E-state index < -0.39 is 7.28 Å². The van der Waals surface area contributed by atoms with E-state index in [2.05, 4.69) is 103 Å². The van der Waals surface area contributed by atoms with Gasteiger partial charge < -0.3 is 9.09 Å². The van der Waals surface area contributed by atoms with Crippen molar-refractivity contribution >= 4 is 56.0 Å². The average Bonchev–Trinajstić information content (AvgIpc) is 3.18. The van der Waals surface area contributed by atoms with Crippen LogP contribution >= 0.6 is 23.2 Å². The molecule has 3 nitrogen and oxygen atoms in total. The molecule has 0 radical (unpaired) electrons. The number of fused-ring (bicyclic) bond motifs is 3. The predicted octanol–water partition coefficient (Wildman–Crippen LogP) is 9.53. The number of hydrogen-bond donors (Lipinski definition) is 0. The van der Waals surface area contributed by atoms with E-state index in [0.29, 0.717) is 0 Å². The molecule has 0 fully saturated rings. The van der Waals surface area contributed by atoms with Gasteiger partial charge in [0.25, 0.3) is 0 Å². The second-order valence-electron chi connectivity index (χ2n) is 9.69. The highest BCUT2D eigenvalue weighted by molar-refractivity contribution is 9.10. The van der Waals surface area contributed by atoms with Gasteiger partial charge in [-0.2, -0.15) is 0 Å². The molecular weight excluding hydrogens is 515 g/mol. The Bertz CT molecular complexity index is 1550. The second kappa shape index (κ2) is 9.33. The van der Waals surface area contributed by atoms with Crippen molar-refractivity contribution in [3.8, 4) is 5.75 Å². The molecule has 5 rings (SSSR count). The SMILES string of the molecule is CCn1c2ccccc2c2cc(P(=Nc3ccc(Br)cc3)(Oc3ccccc3)C(C)(C)C)ccc21. The molecule has 1 aromatic heterocycles. The van der Waals surface area contributed by atoms with Gasteiger partial charge in [0.15, 0.2) is 7.28 Å². The van der Waals surface area contributed by atoms with E-state index in [4.69, 9.17) is 9.27 Å². The molecule has 1 unspecified atom stereocenters. The first-order valence-corrected chi connectivity index (χ1v) is 14.4. The number of hydrogen-bond acceptors (Lipinski definition) is 2. The topological polar surface area (TPSA) is 26.5 Å². The van der Waals surface area contributed by atoms with Crippen molar-refractivity contribution in [1.29, 1.82) is 0 Å². The summed E-state index contributed by atoms with van der Waals surface area (Å²) in [7, 11) is -2.57. The van der Waals surface area contributed by atoms with Crippen LogP contribution in [0.15, 0.2) is 106 Å². The monoisotopic (exact) mass is 544 g/mol. The van der Waals surface area contributed by atoms with Crippen molar-refractivity contribution in [3.63, 3.8) is 0 Å². The van der Waals surface area contributed by atoms with Crippen molar-refractivity contribution in [3.05, 3.63) is 102 Å². The molecule has 178 valence electrons. The minimum Gasteiger partial charge on any atom is -0.455 e. The maximum atomic E-state index is 7.01. The molecule has 0 aliphatic rings. The summed E-state index contributed by atoms with van der Waals surface area (Å²) in [5, 5.41) is 3.41. The summed E-state index contributed by atoms with van der Waals surface area (Å²) in [5.74, 6) is 0.840. The highest BCUT2D eigenvalue weighted by atomic mass is 79.9. The predicted molar refractivity (Wildman–Crippen MR) is 155 cm³/mol. The zero-order valence-corrected chi connectivity index (χ0v) is 23.1. The van der Waals surface area contributed by atoms with Gasteiger partial charge in [0, 0.05) is 43.3 Å². The lowest BCUT2D eigenvalue weighted by molar-refractivity contribution is 0.571. The molecule has 0 spiro atoms. The number of rotatable bonds is 5. The van der Waals surface area contributed by atoms with Crippen LogP contribution in [0.2, 0.25) is 0 Å². The molecule has 4 aromatic carbocycles. The Morgan fingerprint density at radius 2 is 1.46 bits per heavy atom. The molecule has 5 heteroatoms. The molecule has 0 aliphatic carbocycles. The fourth-order valence-electron chi connectivity index (χ4n) is 4.68. The third kappa shape index (κ3) is 4.35. The summed E-state index contributed by atoms with van der Waals surface area (Å²) in [5.41, 5.74) is 3.42. The van der Waals surface area contributed by atoms with E-state index in [1.54, 1.807) is 0 Å². The van der Waals surface area contributed by atoms with E-state index in [1.807, 2.05) is 42.5 Å². The van der Waals surface area contributed by atoms with Crippen molar-refractivity contribution in [2.45, 2.75) is 39.4 Å². The van der Waals surface area contributed by atoms with Crippen LogP contribution in [-0.4, -0.2) is 9.72 Å². The molecule has 1 heterocycles. The van der Waals surface area contributed by atoms with Crippen LogP contribution in [0.25, 0.3) is 21.8 Å². The van der Waals surface area contributed by atoms with Gasteiger partial charge in [-0.15, -0.1) is 0 Å². The fraction of sp³-hybridized carbons (Fsp3) is 0.200. The lowest BCUT2D eigenvalue weighted by atomic mass is 10.1. The fourth-order valence-corrected chi connectivity index (χ4v) is 8.02. The van der Waals surface area contributed by atoms with Gasteiger partial charge in [0.1, 0.15) is 5.75 Å². The van der Waals surface area contributed by atoms with Crippen molar-refractivity contribution in [1.82, 2.24) is 4.57 Å². The quantitative estimate of drug-likeness (QED) is 0.202. The molecule has 0 aliphatic heterocycles. The van der Waals surface area contributed by atoms with Gasteiger partial charge in [-0.05, 0) is 67.6 Å². The Morgan fingerprint density at radius 1 is 0.800 bits per heavy atom. The number of benzene rings is 4. The molecule has 0 bridgehead atoms. The van der Waals surface area contributed by atoms with E-state index >= 15 is 0 Å². The van der Waals surface area contributed by atoms with Gasteiger partial charge in [-0.3, -0.25) is 0 Å². The molecule has 1 atom stereocenters. The summed E-state index contributed by atoms with van der Waals surface area (Å²) in [6.07, 6.45) is 0. The summed E-state index contributed by atoms with van der Waals surface area (Å²) in [4.78, 5) is 0. The first kappa shape index (κ1) is 23.9. The van der Waals surface area contributed by atoms with Gasteiger partial charge in [0.05, 0.1) is 5.69 Å². The van der Waals surface area contributed by atoms with Gasteiger partial charge in [0.2, 0.25) is 0 Å². The summed E-state index contributed by atoms with van der Waals surface area (Å²) in [6, 6.07) is 33.8. The molecule has 35 heavy (non-hydrogen) atoms. The molecular formula is C30H30BrN2OP. The summed E-state index contributed by atoms with van der Waals surface area (Å²) < 4.78 is 15.9. The lowest BCUT2D eigenvalue weighted by Gasteiger charge is -2.37. The Morgan fingerprint density at radius 3 is 2.14 bits per heavy atom. The minimum absolute atomic E-state index is 0.243. The molecule has 0 amide bonds. The van der Waals surface area contributed by atoms with Gasteiger partial charge >= 0.3 is 0 Å². The third-order valence-electron chi connectivity index (χ3n) is 6.40. The van der Waals surface area contributed by atoms with Crippen LogP contribution in [-0.2, 0) is 6.54 Å². The largest absolute Gasteiger partial charge is 0.455 e. The van der Waals surface area contributed by atoms with E-state index in [-0.39, 0.29) is 5.16 Å². The maximum absolute atomic E-state index is 7.01. The summed E-state index contributed by atoms with van der Waals surface area (Å²) >= 11 is 3.56. The van der Waals surface area contributed by atoms with Gasteiger partial charge in [-0.1, -0.05) is 73.1 Å². The van der Waals surface area contributed by atoms with E-state index in [0.717, 1.165) is 27.8 Å². The Balaban J connectivity index is 1.84. The average molecular weight is 545 g/mol. The zero-order valence-electron chi connectivity index (χ0n) is 20.6. The zero-order chi connectivity index (χ0) is 24.6. The van der Waals surface area contributed by atoms with Crippen molar-refractivity contribution in [2.24, 2.45) is 4.74 Å². The molecule has 0 N–H and O–H groups in total. The number of halogens is 1. The van der Waals surface area contributed by atoms with Crippen LogP contribution in [0.5, 0.6) is 5.75 Å². The standard InChI is InChI=1S/C30H30BrN2OP/c1-5-33-28-14-10-9-13-26(28)27-21-25(19-20-29(27)33)35(30(2,3)4,34-24-11-7-6-8-12-24)32-23-17-15-22(31)16-18-23/h6-21H,5H2,1-4H3. The number of nitrogens with zero attached hydrogens (tertiary/aromatic N) is 2. The Labute approximate surface area is 216 Å². The van der Waals surface area contributed by atoms with Crippen LogP contribution in [0.4, 0.5) is 5.69 Å². The van der Waals surface area contributed by atoms with Crippen molar-refractivity contribution < 1.29 is 4.52 Å². The number of para-hydroxylation sites is 2.